The molecule has 3 aliphatic rings. The van der Waals surface area contributed by atoms with Gasteiger partial charge in [0, 0.05) is 44.2 Å². The summed E-state index contributed by atoms with van der Waals surface area (Å²) in [6.07, 6.45) is 11.1. The Kier molecular flexibility index (Phi) is 5.05. The Bertz CT molecular complexity index is 1120. The van der Waals surface area contributed by atoms with Crippen molar-refractivity contribution in [3.05, 3.63) is 70.7 Å². The van der Waals surface area contributed by atoms with Crippen molar-refractivity contribution in [3.63, 3.8) is 0 Å². The van der Waals surface area contributed by atoms with E-state index >= 15 is 0 Å². The van der Waals surface area contributed by atoms with Crippen molar-refractivity contribution in [2.45, 2.75) is 20.3 Å². The van der Waals surface area contributed by atoms with Gasteiger partial charge in [-0.2, -0.15) is 0 Å². The molecule has 5 rings (SSSR count). The standard InChI is InChI=1S/C24H26N4OS/c1-16-3-5-19-6-7-20(27-11-9-25-10-12-27)15-28(19)24(29)14-21(16)18-4-8-22-23(13-18)30-17(2)26-22/h4-8,13-16,25H,3,9-12H2,1-2H3. The molecule has 4 heterocycles. The van der Waals surface area contributed by atoms with Crippen LogP contribution in [-0.2, 0) is 4.79 Å². The van der Waals surface area contributed by atoms with Gasteiger partial charge in [0.15, 0.2) is 0 Å². The third kappa shape index (κ3) is 3.61. The third-order valence-corrected chi connectivity index (χ3v) is 6.94. The summed E-state index contributed by atoms with van der Waals surface area (Å²) in [7, 11) is 0. The average Bonchev–Trinajstić information content (AvgIpc) is 3.14. The second kappa shape index (κ2) is 7.85. The van der Waals surface area contributed by atoms with Crippen LogP contribution in [-0.4, -0.2) is 46.9 Å². The molecule has 0 spiro atoms. The zero-order valence-corrected chi connectivity index (χ0v) is 18.2. The molecule has 1 N–H and O–H groups in total. The molecule has 1 fully saturated rings. The van der Waals surface area contributed by atoms with Gasteiger partial charge >= 0.3 is 0 Å². The summed E-state index contributed by atoms with van der Waals surface area (Å²) in [4.78, 5) is 22.0. The van der Waals surface area contributed by atoms with E-state index < -0.39 is 0 Å². The lowest BCUT2D eigenvalue weighted by Gasteiger charge is -2.34. The average molecular weight is 419 g/mol. The Morgan fingerprint density at radius 3 is 2.80 bits per heavy atom. The number of rotatable bonds is 2. The fourth-order valence-corrected chi connectivity index (χ4v) is 5.19. The van der Waals surface area contributed by atoms with E-state index in [4.69, 9.17) is 0 Å². The molecule has 1 atom stereocenters. The third-order valence-electron chi connectivity index (χ3n) is 6.00. The Morgan fingerprint density at radius 2 is 1.97 bits per heavy atom. The van der Waals surface area contributed by atoms with Crippen molar-refractivity contribution in [1.29, 1.82) is 0 Å². The monoisotopic (exact) mass is 418 g/mol. The Hall–Kier alpha value is -2.70. The number of nitrogens with one attached hydrogen (secondary N) is 1. The first-order valence-corrected chi connectivity index (χ1v) is 11.4. The molecule has 2 aromatic rings. The number of hydrogen-bond donors (Lipinski definition) is 1. The van der Waals surface area contributed by atoms with E-state index in [2.05, 4.69) is 58.6 Å². The van der Waals surface area contributed by atoms with Crippen molar-refractivity contribution in [2.75, 3.05) is 26.2 Å². The maximum atomic E-state index is 13.3. The van der Waals surface area contributed by atoms with E-state index in [1.165, 1.54) is 4.70 Å². The van der Waals surface area contributed by atoms with E-state index in [1.54, 1.807) is 16.2 Å². The van der Waals surface area contributed by atoms with Gasteiger partial charge in [0.1, 0.15) is 0 Å². The van der Waals surface area contributed by atoms with E-state index in [0.29, 0.717) is 0 Å². The number of carbonyl (C=O) groups is 1. The summed E-state index contributed by atoms with van der Waals surface area (Å²) >= 11 is 1.70. The zero-order valence-electron chi connectivity index (χ0n) is 17.4. The number of aromatic nitrogens is 1. The lowest BCUT2D eigenvalue weighted by atomic mass is 9.89. The van der Waals surface area contributed by atoms with Gasteiger partial charge in [-0.1, -0.05) is 19.1 Å². The minimum absolute atomic E-state index is 0.0142. The predicted octanol–water partition coefficient (Wildman–Crippen LogP) is 4.06. The first-order chi connectivity index (χ1) is 14.6. The first-order valence-electron chi connectivity index (χ1n) is 10.6. The molecule has 1 unspecified atom stereocenters. The molecule has 154 valence electrons. The van der Waals surface area contributed by atoms with Gasteiger partial charge in [-0.05, 0) is 54.7 Å². The Balaban J connectivity index is 1.49. The smallest absolute Gasteiger partial charge is 0.255 e. The fraction of sp³-hybridized carbons (Fsp3) is 0.333. The number of thiazole rings is 1. The number of aryl methyl sites for hydroxylation is 1. The summed E-state index contributed by atoms with van der Waals surface area (Å²) < 4.78 is 1.17. The van der Waals surface area contributed by atoms with Crippen molar-refractivity contribution in [1.82, 2.24) is 20.1 Å². The van der Waals surface area contributed by atoms with Gasteiger partial charge in [-0.15, -0.1) is 11.3 Å². The van der Waals surface area contributed by atoms with Gasteiger partial charge in [0.25, 0.3) is 5.91 Å². The number of piperazine rings is 1. The quantitative estimate of drug-likeness (QED) is 0.799. The van der Waals surface area contributed by atoms with Crippen LogP contribution >= 0.6 is 11.3 Å². The highest BCUT2D eigenvalue weighted by Gasteiger charge is 2.24. The van der Waals surface area contributed by atoms with Crippen LogP contribution in [0.5, 0.6) is 0 Å². The van der Waals surface area contributed by atoms with Crippen LogP contribution in [0.1, 0.15) is 23.9 Å². The number of hydrogen-bond acceptors (Lipinski definition) is 5. The largest absolute Gasteiger partial charge is 0.368 e. The molecule has 1 amide bonds. The topological polar surface area (TPSA) is 48.5 Å². The number of fused-ring (bicyclic) bond motifs is 2. The highest BCUT2D eigenvalue weighted by Crippen LogP contribution is 2.34. The van der Waals surface area contributed by atoms with Gasteiger partial charge in [0.2, 0.25) is 0 Å². The van der Waals surface area contributed by atoms with E-state index in [0.717, 1.165) is 65.7 Å². The number of allylic oxidation sites excluding steroid dienone is 4. The minimum Gasteiger partial charge on any atom is -0.368 e. The predicted molar refractivity (Wildman–Crippen MR) is 123 cm³/mol. The van der Waals surface area contributed by atoms with Gasteiger partial charge in [0.05, 0.1) is 20.9 Å². The Morgan fingerprint density at radius 1 is 1.17 bits per heavy atom. The van der Waals surface area contributed by atoms with Crippen LogP contribution in [0.2, 0.25) is 0 Å². The summed E-state index contributed by atoms with van der Waals surface area (Å²) in [6, 6.07) is 6.35. The van der Waals surface area contributed by atoms with Crippen LogP contribution in [0.15, 0.2) is 60.1 Å². The molecule has 0 radical (unpaired) electrons. The highest BCUT2D eigenvalue weighted by molar-refractivity contribution is 7.18. The normalized spacial score (nSPS) is 22.3. The minimum atomic E-state index is 0.0142. The molecule has 0 bridgehead atoms. The van der Waals surface area contributed by atoms with E-state index in [-0.39, 0.29) is 11.8 Å². The van der Waals surface area contributed by atoms with Crippen LogP contribution in [0.4, 0.5) is 0 Å². The second-order valence-corrected chi connectivity index (χ2v) is 9.35. The van der Waals surface area contributed by atoms with Crippen molar-refractivity contribution in [2.24, 2.45) is 5.92 Å². The molecule has 5 nitrogen and oxygen atoms in total. The molecule has 30 heavy (non-hydrogen) atoms. The van der Waals surface area contributed by atoms with Crippen molar-refractivity contribution in [3.8, 4) is 0 Å². The molecule has 1 saturated heterocycles. The molecular weight excluding hydrogens is 392 g/mol. The van der Waals surface area contributed by atoms with Gasteiger partial charge in [-0.3, -0.25) is 9.69 Å². The fourth-order valence-electron chi connectivity index (χ4n) is 4.32. The second-order valence-electron chi connectivity index (χ2n) is 8.11. The summed E-state index contributed by atoms with van der Waals surface area (Å²) in [5, 5.41) is 4.45. The number of benzene rings is 1. The van der Waals surface area contributed by atoms with E-state index in [1.807, 2.05) is 19.2 Å². The van der Waals surface area contributed by atoms with Crippen molar-refractivity contribution >= 4 is 33.0 Å². The molecule has 0 saturated carbocycles. The van der Waals surface area contributed by atoms with E-state index in [9.17, 15) is 4.79 Å². The molecule has 0 aliphatic carbocycles. The Labute approximate surface area is 181 Å². The van der Waals surface area contributed by atoms with Crippen LogP contribution in [0, 0.1) is 12.8 Å². The lowest BCUT2D eigenvalue weighted by molar-refractivity contribution is -0.122. The SMILES string of the molecule is Cc1nc2ccc(C3=CC(=O)N4C=C(N5CCNCC5)C=CC4=CCC3C)cc2s1. The first kappa shape index (κ1) is 19.3. The highest BCUT2D eigenvalue weighted by atomic mass is 32.1. The summed E-state index contributed by atoms with van der Waals surface area (Å²) in [6.45, 7) is 8.10. The van der Waals surface area contributed by atoms with Crippen LogP contribution in [0.25, 0.3) is 15.8 Å². The number of amides is 1. The number of carbonyl (C=O) groups excluding carboxylic acids is 1. The molecule has 1 aromatic carbocycles. The maximum absolute atomic E-state index is 13.3. The van der Waals surface area contributed by atoms with Crippen molar-refractivity contribution < 1.29 is 4.79 Å². The van der Waals surface area contributed by atoms with Crippen LogP contribution in [0.3, 0.4) is 0 Å². The molecule has 6 heteroatoms. The van der Waals surface area contributed by atoms with Gasteiger partial charge in [-0.25, -0.2) is 4.98 Å². The molecular formula is C24H26N4OS. The molecule has 1 aromatic heterocycles. The molecule has 3 aliphatic heterocycles. The van der Waals surface area contributed by atoms with Gasteiger partial charge < -0.3 is 10.2 Å². The summed E-state index contributed by atoms with van der Waals surface area (Å²) in [5.41, 5.74) is 5.30. The maximum Gasteiger partial charge on any atom is 0.255 e. The number of nitrogens with zero attached hydrogens (tertiary/aromatic N) is 3. The summed E-state index contributed by atoms with van der Waals surface area (Å²) in [5.74, 6) is 0.280. The lowest BCUT2D eigenvalue weighted by Crippen LogP contribution is -2.43. The zero-order chi connectivity index (χ0) is 20.7. The van der Waals surface area contributed by atoms with Crippen LogP contribution < -0.4 is 5.32 Å².